The Labute approximate surface area is 109 Å². The van der Waals surface area contributed by atoms with E-state index < -0.39 is 5.82 Å². The Hall–Kier alpha value is -3.05. The lowest BCUT2D eigenvalue weighted by Gasteiger charge is -2.08. The highest BCUT2D eigenvalue weighted by Gasteiger charge is 2.08. The van der Waals surface area contributed by atoms with Crippen molar-refractivity contribution >= 4 is 5.69 Å². The lowest BCUT2D eigenvalue weighted by atomic mass is 10.2. The van der Waals surface area contributed by atoms with E-state index in [9.17, 15) is 4.39 Å². The zero-order valence-corrected chi connectivity index (χ0v) is 9.72. The van der Waals surface area contributed by atoms with Crippen LogP contribution in [0.25, 0.3) is 0 Å². The molecule has 0 radical (unpaired) electrons. The number of nitrogen functional groups attached to an aromatic ring is 1. The smallest absolute Gasteiger partial charge is 0.145 e. The van der Waals surface area contributed by atoms with Crippen molar-refractivity contribution in [2.24, 2.45) is 0 Å². The van der Waals surface area contributed by atoms with Gasteiger partial charge in [0.05, 0.1) is 11.1 Å². The number of ether oxygens (including phenoxy) is 1. The van der Waals surface area contributed by atoms with Crippen molar-refractivity contribution in [1.29, 1.82) is 10.5 Å². The highest BCUT2D eigenvalue weighted by Crippen LogP contribution is 2.27. The summed E-state index contributed by atoms with van der Waals surface area (Å²) in [7, 11) is 0. The third-order valence-corrected chi connectivity index (χ3v) is 2.41. The zero-order chi connectivity index (χ0) is 13.8. The van der Waals surface area contributed by atoms with Crippen molar-refractivity contribution in [2.45, 2.75) is 0 Å². The van der Waals surface area contributed by atoms with Crippen molar-refractivity contribution in [2.75, 3.05) is 5.73 Å². The Bertz CT molecular complexity index is 714. The minimum Gasteiger partial charge on any atom is -0.456 e. The minimum absolute atomic E-state index is 0.0647. The van der Waals surface area contributed by atoms with Gasteiger partial charge in [-0.1, -0.05) is 0 Å². The van der Waals surface area contributed by atoms with Crippen LogP contribution < -0.4 is 10.5 Å². The first-order valence-electron chi connectivity index (χ1n) is 5.31. The molecular weight excluding hydrogens is 245 g/mol. The van der Waals surface area contributed by atoms with Crippen LogP contribution in [0.1, 0.15) is 11.1 Å². The number of anilines is 1. The van der Waals surface area contributed by atoms with Crippen LogP contribution in [0, 0.1) is 28.5 Å². The standard InChI is InChI=1S/C14H8FN3O/c15-13-6-12(3-1-9(13)7-16)19-14-4-2-11(18)5-10(14)8-17/h1-6H,18H2. The van der Waals surface area contributed by atoms with Crippen molar-refractivity contribution in [3.63, 3.8) is 0 Å². The molecule has 0 saturated heterocycles. The number of hydrogen-bond acceptors (Lipinski definition) is 4. The fourth-order valence-corrected chi connectivity index (χ4v) is 1.50. The fourth-order valence-electron chi connectivity index (χ4n) is 1.50. The second-order valence-corrected chi connectivity index (χ2v) is 3.72. The summed E-state index contributed by atoms with van der Waals surface area (Å²) >= 11 is 0. The van der Waals surface area contributed by atoms with Gasteiger partial charge in [0.25, 0.3) is 0 Å². The first-order valence-corrected chi connectivity index (χ1v) is 5.31. The molecule has 0 spiro atoms. The summed E-state index contributed by atoms with van der Waals surface area (Å²) in [6.07, 6.45) is 0. The maximum absolute atomic E-state index is 13.4. The van der Waals surface area contributed by atoms with Gasteiger partial charge in [-0.25, -0.2) is 4.39 Å². The van der Waals surface area contributed by atoms with Gasteiger partial charge in [-0.15, -0.1) is 0 Å². The van der Waals surface area contributed by atoms with E-state index in [1.807, 2.05) is 6.07 Å². The van der Waals surface area contributed by atoms with Crippen LogP contribution in [0.4, 0.5) is 10.1 Å². The monoisotopic (exact) mass is 253 g/mol. The number of nitriles is 2. The van der Waals surface area contributed by atoms with Crippen LogP contribution in [-0.4, -0.2) is 0 Å². The lowest BCUT2D eigenvalue weighted by Crippen LogP contribution is -1.92. The van der Waals surface area contributed by atoms with E-state index in [1.165, 1.54) is 24.3 Å². The molecule has 0 heterocycles. The average Bonchev–Trinajstić information content (AvgIpc) is 2.41. The van der Waals surface area contributed by atoms with Gasteiger partial charge in [-0.05, 0) is 30.3 Å². The maximum atomic E-state index is 13.4. The van der Waals surface area contributed by atoms with Crippen molar-refractivity contribution < 1.29 is 9.13 Å². The number of halogens is 1. The Morgan fingerprint density at radius 1 is 1.00 bits per heavy atom. The van der Waals surface area contributed by atoms with E-state index in [0.29, 0.717) is 5.69 Å². The van der Waals surface area contributed by atoms with E-state index in [0.717, 1.165) is 6.07 Å². The number of nitrogens with zero attached hydrogens (tertiary/aromatic N) is 2. The molecule has 92 valence electrons. The topological polar surface area (TPSA) is 82.8 Å². The number of benzene rings is 2. The Balaban J connectivity index is 2.35. The number of nitrogens with two attached hydrogens (primary N) is 1. The molecule has 0 aliphatic heterocycles. The third-order valence-electron chi connectivity index (χ3n) is 2.41. The first-order chi connectivity index (χ1) is 9.13. The number of hydrogen-bond donors (Lipinski definition) is 1. The van der Waals surface area contributed by atoms with Crippen molar-refractivity contribution in [1.82, 2.24) is 0 Å². The first kappa shape index (κ1) is 12.4. The van der Waals surface area contributed by atoms with Gasteiger partial charge in [-0.3, -0.25) is 0 Å². The van der Waals surface area contributed by atoms with E-state index in [2.05, 4.69) is 0 Å². The third kappa shape index (κ3) is 2.62. The van der Waals surface area contributed by atoms with Crippen LogP contribution in [0.5, 0.6) is 11.5 Å². The Morgan fingerprint density at radius 3 is 2.37 bits per heavy atom. The normalized spacial score (nSPS) is 9.42. The summed E-state index contributed by atoms with van der Waals surface area (Å²) < 4.78 is 18.8. The Morgan fingerprint density at radius 2 is 1.74 bits per heavy atom. The van der Waals surface area contributed by atoms with Crippen LogP contribution >= 0.6 is 0 Å². The zero-order valence-electron chi connectivity index (χ0n) is 9.72. The maximum Gasteiger partial charge on any atom is 0.145 e. The predicted octanol–water partition coefficient (Wildman–Crippen LogP) is 2.94. The summed E-state index contributed by atoms with van der Waals surface area (Å²) in [6.45, 7) is 0. The summed E-state index contributed by atoms with van der Waals surface area (Å²) in [5, 5.41) is 17.6. The fraction of sp³-hybridized carbons (Fsp3) is 0. The molecule has 0 bridgehead atoms. The van der Waals surface area contributed by atoms with Gasteiger partial charge in [0.2, 0.25) is 0 Å². The molecule has 0 aliphatic carbocycles. The highest BCUT2D eigenvalue weighted by molar-refractivity contribution is 5.54. The lowest BCUT2D eigenvalue weighted by molar-refractivity contribution is 0.475. The molecule has 0 fully saturated rings. The molecule has 0 saturated carbocycles. The molecule has 2 aromatic carbocycles. The van der Waals surface area contributed by atoms with Crippen LogP contribution in [0.3, 0.4) is 0 Å². The van der Waals surface area contributed by atoms with Crippen molar-refractivity contribution in [3.05, 3.63) is 53.3 Å². The van der Waals surface area contributed by atoms with Gasteiger partial charge < -0.3 is 10.5 Å². The summed E-state index contributed by atoms with van der Waals surface area (Å²) in [5.74, 6) is -0.187. The quantitative estimate of drug-likeness (QED) is 0.834. The molecule has 2 N–H and O–H groups in total. The summed E-state index contributed by atoms with van der Waals surface area (Å²) in [5.41, 5.74) is 6.19. The molecule has 0 aromatic heterocycles. The molecule has 5 heteroatoms. The highest BCUT2D eigenvalue weighted by atomic mass is 19.1. The Kier molecular flexibility index (Phi) is 3.31. The molecule has 0 aliphatic rings. The molecule has 0 unspecified atom stereocenters. The van der Waals surface area contributed by atoms with E-state index in [4.69, 9.17) is 21.0 Å². The summed E-state index contributed by atoms with van der Waals surface area (Å²) in [4.78, 5) is 0. The van der Waals surface area contributed by atoms with Gasteiger partial charge in [0.1, 0.15) is 29.5 Å². The molecule has 19 heavy (non-hydrogen) atoms. The van der Waals surface area contributed by atoms with Crippen LogP contribution in [0.2, 0.25) is 0 Å². The molecule has 0 amide bonds. The molecule has 4 nitrogen and oxygen atoms in total. The van der Waals surface area contributed by atoms with Crippen LogP contribution in [0.15, 0.2) is 36.4 Å². The SMILES string of the molecule is N#Cc1ccc(Oc2ccc(N)cc2C#N)cc1F. The second-order valence-electron chi connectivity index (χ2n) is 3.72. The average molecular weight is 253 g/mol. The largest absolute Gasteiger partial charge is 0.456 e. The summed E-state index contributed by atoms with van der Waals surface area (Å²) in [6, 6.07) is 12.1. The van der Waals surface area contributed by atoms with Gasteiger partial charge in [0.15, 0.2) is 0 Å². The van der Waals surface area contributed by atoms with Gasteiger partial charge in [-0.2, -0.15) is 10.5 Å². The van der Waals surface area contributed by atoms with Gasteiger partial charge >= 0.3 is 0 Å². The number of rotatable bonds is 2. The van der Waals surface area contributed by atoms with E-state index in [-0.39, 0.29) is 22.6 Å². The van der Waals surface area contributed by atoms with Gasteiger partial charge in [0, 0.05) is 11.8 Å². The molecule has 2 aromatic rings. The predicted molar refractivity (Wildman–Crippen MR) is 66.8 cm³/mol. The van der Waals surface area contributed by atoms with E-state index >= 15 is 0 Å². The molecule has 2 rings (SSSR count). The van der Waals surface area contributed by atoms with Crippen molar-refractivity contribution in [3.8, 4) is 23.6 Å². The molecule has 0 atom stereocenters. The van der Waals surface area contributed by atoms with E-state index in [1.54, 1.807) is 12.1 Å². The minimum atomic E-state index is -0.672. The second kappa shape index (κ2) is 5.07. The molecular formula is C14H8FN3O. The van der Waals surface area contributed by atoms with Crippen LogP contribution in [-0.2, 0) is 0 Å².